The van der Waals surface area contributed by atoms with Crippen molar-refractivity contribution >= 4 is 17.9 Å². The Balaban J connectivity index is 4.13. The lowest BCUT2D eigenvalue weighted by atomic mass is 10.0. The molecular formula is C71H130O6. The molecule has 6 heteroatoms. The average molecular weight is 1080 g/mol. The van der Waals surface area contributed by atoms with Crippen LogP contribution >= 0.6 is 0 Å². The van der Waals surface area contributed by atoms with E-state index in [1.54, 1.807) is 0 Å². The molecule has 0 spiro atoms. The van der Waals surface area contributed by atoms with E-state index in [-0.39, 0.29) is 31.1 Å². The number of carbonyl (C=O) groups excluding carboxylic acids is 3. The van der Waals surface area contributed by atoms with Crippen molar-refractivity contribution in [3.8, 4) is 0 Å². The Morgan fingerprint density at radius 1 is 0.260 bits per heavy atom. The van der Waals surface area contributed by atoms with Gasteiger partial charge in [-0.25, -0.2) is 0 Å². The summed E-state index contributed by atoms with van der Waals surface area (Å²) >= 11 is 0. The van der Waals surface area contributed by atoms with Crippen LogP contribution in [-0.4, -0.2) is 37.2 Å². The molecule has 6 nitrogen and oxygen atoms in total. The average Bonchev–Trinajstić information content (AvgIpc) is 3.43. The molecule has 0 N–H and O–H groups in total. The van der Waals surface area contributed by atoms with E-state index in [4.69, 9.17) is 14.2 Å². The predicted octanol–water partition coefficient (Wildman–Crippen LogP) is 23.3. The Bertz CT molecular complexity index is 1330. The van der Waals surface area contributed by atoms with Crippen molar-refractivity contribution in [1.82, 2.24) is 0 Å². The zero-order valence-corrected chi connectivity index (χ0v) is 51.7. The number of allylic oxidation sites excluding steroid dienone is 8. The third-order valence-corrected chi connectivity index (χ3v) is 15.3. The minimum atomic E-state index is -0.777. The molecule has 0 aliphatic carbocycles. The van der Waals surface area contributed by atoms with Crippen molar-refractivity contribution in [1.29, 1.82) is 0 Å². The maximum Gasteiger partial charge on any atom is 0.306 e. The number of hydrogen-bond donors (Lipinski definition) is 0. The van der Waals surface area contributed by atoms with E-state index in [1.165, 1.54) is 238 Å². The number of hydrogen-bond acceptors (Lipinski definition) is 6. The second-order valence-electron chi connectivity index (χ2n) is 23.1. The monoisotopic (exact) mass is 1080 g/mol. The van der Waals surface area contributed by atoms with Crippen molar-refractivity contribution < 1.29 is 28.6 Å². The van der Waals surface area contributed by atoms with Crippen molar-refractivity contribution in [3.63, 3.8) is 0 Å². The van der Waals surface area contributed by atoms with Gasteiger partial charge in [-0.2, -0.15) is 0 Å². The van der Waals surface area contributed by atoms with E-state index in [2.05, 4.69) is 69.4 Å². The molecule has 0 aliphatic heterocycles. The summed E-state index contributed by atoms with van der Waals surface area (Å²) in [6.07, 6.45) is 82.8. The first-order valence-electron chi connectivity index (χ1n) is 34.1. The fourth-order valence-corrected chi connectivity index (χ4v) is 10.2. The van der Waals surface area contributed by atoms with Crippen LogP contribution in [0.1, 0.15) is 367 Å². The molecule has 0 fully saturated rings. The van der Waals surface area contributed by atoms with E-state index in [1.807, 2.05) is 0 Å². The van der Waals surface area contributed by atoms with Crippen LogP contribution in [0, 0.1) is 0 Å². The lowest BCUT2D eigenvalue weighted by Gasteiger charge is -2.18. The van der Waals surface area contributed by atoms with Gasteiger partial charge in [0.05, 0.1) is 0 Å². The van der Waals surface area contributed by atoms with Gasteiger partial charge in [-0.3, -0.25) is 14.4 Å². The topological polar surface area (TPSA) is 78.9 Å². The Morgan fingerprint density at radius 3 is 0.727 bits per heavy atom. The SMILES string of the molecule is CCCCCC/C=C\C/C=C\CCCCCCCC(=O)OC(COC(=O)CCCCCCCCCCCCCC)COC(=O)CCCCCCCCCCCCCCCCCCCCC/C=C\C/C=C\CCCCCCC. The van der Waals surface area contributed by atoms with Gasteiger partial charge in [-0.05, 0) is 83.5 Å². The van der Waals surface area contributed by atoms with Gasteiger partial charge >= 0.3 is 17.9 Å². The highest BCUT2D eigenvalue weighted by Crippen LogP contribution is 2.18. The van der Waals surface area contributed by atoms with E-state index < -0.39 is 6.10 Å². The zero-order valence-electron chi connectivity index (χ0n) is 51.7. The van der Waals surface area contributed by atoms with Crippen molar-refractivity contribution in [2.24, 2.45) is 0 Å². The van der Waals surface area contributed by atoms with E-state index >= 15 is 0 Å². The first-order valence-corrected chi connectivity index (χ1v) is 34.1. The van der Waals surface area contributed by atoms with Gasteiger partial charge in [0.15, 0.2) is 6.10 Å². The summed E-state index contributed by atoms with van der Waals surface area (Å²) in [5.74, 6) is -0.865. The number of unbranched alkanes of at least 4 members (excludes halogenated alkanes) is 44. The lowest BCUT2D eigenvalue weighted by molar-refractivity contribution is -0.167. The highest BCUT2D eigenvalue weighted by Gasteiger charge is 2.19. The fraction of sp³-hybridized carbons (Fsp3) is 0.845. The van der Waals surface area contributed by atoms with Crippen LogP contribution < -0.4 is 0 Å². The minimum Gasteiger partial charge on any atom is -0.462 e. The van der Waals surface area contributed by atoms with Gasteiger partial charge in [0.1, 0.15) is 13.2 Å². The number of rotatable bonds is 63. The normalized spacial score (nSPS) is 12.3. The second-order valence-corrected chi connectivity index (χ2v) is 23.1. The van der Waals surface area contributed by atoms with Crippen LogP contribution in [-0.2, 0) is 28.6 Å². The van der Waals surface area contributed by atoms with Crippen LogP contribution in [0.3, 0.4) is 0 Å². The second kappa shape index (κ2) is 65.9. The first kappa shape index (κ1) is 74.4. The molecule has 0 rings (SSSR count). The van der Waals surface area contributed by atoms with Crippen LogP contribution in [0.15, 0.2) is 48.6 Å². The minimum absolute atomic E-state index is 0.0738. The highest BCUT2D eigenvalue weighted by molar-refractivity contribution is 5.71. The zero-order chi connectivity index (χ0) is 55.7. The van der Waals surface area contributed by atoms with Crippen molar-refractivity contribution in [2.75, 3.05) is 13.2 Å². The lowest BCUT2D eigenvalue weighted by Crippen LogP contribution is -2.30. The van der Waals surface area contributed by atoms with Crippen LogP contribution in [0.25, 0.3) is 0 Å². The smallest absolute Gasteiger partial charge is 0.306 e. The molecule has 1 unspecified atom stereocenters. The molecule has 0 radical (unpaired) electrons. The number of ether oxygens (including phenoxy) is 3. The molecule has 0 aromatic rings. The van der Waals surface area contributed by atoms with E-state index in [9.17, 15) is 14.4 Å². The molecule has 0 heterocycles. The third kappa shape index (κ3) is 64.1. The Morgan fingerprint density at radius 2 is 0.468 bits per heavy atom. The summed E-state index contributed by atoms with van der Waals surface area (Å²) in [4.78, 5) is 38.3. The Labute approximate surface area is 479 Å². The van der Waals surface area contributed by atoms with Gasteiger partial charge in [0, 0.05) is 19.3 Å². The Kier molecular flexibility index (Phi) is 63.6. The first-order chi connectivity index (χ1) is 38.0. The molecule has 0 amide bonds. The van der Waals surface area contributed by atoms with E-state index in [0.717, 1.165) is 89.9 Å². The third-order valence-electron chi connectivity index (χ3n) is 15.3. The van der Waals surface area contributed by atoms with Gasteiger partial charge < -0.3 is 14.2 Å². The fourth-order valence-electron chi connectivity index (χ4n) is 10.2. The summed E-state index contributed by atoms with van der Waals surface area (Å²) in [5.41, 5.74) is 0. The highest BCUT2D eigenvalue weighted by atomic mass is 16.6. The summed E-state index contributed by atoms with van der Waals surface area (Å²) in [5, 5.41) is 0. The van der Waals surface area contributed by atoms with Crippen LogP contribution in [0.4, 0.5) is 0 Å². The molecule has 0 aromatic carbocycles. The standard InChI is InChI=1S/C71H130O6/c1-4-7-10-13-16-19-22-25-27-29-30-31-32-33-34-35-36-37-38-39-40-41-42-43-45-46-49-52-55-58-61-64-70(73)76-67-68(66-75-69(72)63-60-57-54-51-48-24-21-18-15-12-9-6-3)77-71(74)65-62-59-56-53-50-47-44-28-26-23-20-17-14-11-8-5-2/h20,22-23,25,28-30,44,68H,4-19,21,24,26-27,31-43,45-67H2,1-3H3/b23-20-,25-22-,30-29-,44-28-. The molecule has 450 valence electrons. The summed E-state index contributed by atoms with van der Waals surface area (Å²) < 4.78 is 16.9. The molecule has 0 aromatic heterocycles. The molecular weight excluding hydrogens is 949 g/mol. The number of esters is 3. The molecule has 0 aliphatic rings. The van der Waals surface area contributed by atoms with Crippen molar-refractivity contribution in [2.45, 2.75) is 374 Å². The Hall–Kier alpha value is -2.63. The van der Waals surface area contributed by atoms with Crippen LogP contribution in [0.5, 0.6) is 0 Å². The molecule has 0 bridgehead atoms. The quantitative estimate of drug-likeness (QED) is 0.0261. The summed E-state index contributed by atoms with van der Waals surface area (Å²) in [6, 6.07) is 0. The van der Waals surface area contributed by atoms with Crippen molar-refractivity contribution in [3.05, 3.63) is 48.6 Å². The van der Waals surface area contributed by atoms with Gasteiger partial charge in [0.25, 0.3) is 0 Å². The van der Waals surface area contributed by atoms with Gasteiger partial charge in [-0.1, -0.05) is 313 Å². The molecule has 77 heavy (non-hydrogen) atoms. The maximum atomic E-state index is 12.9. The van der Waals surface area contributed by atoms with Gasteiger partial charge in [-0.15, -0.1) is 0 Å². The summed E-state index contributed by atoms with van der Waals surface area (Å²) in [6.45, 7) is 6.65. The molecule has 0 saturated heterocycles. The van der Waals surface area contributed by atoms with Crippen LogP contribution in [0.2, 0.25) is 0 Å². The van der Waals surface area contributed by atoms with Gasteiger partial charge in [0.2, 0.25) is 0 Å². The maximum absolute atomic E-state index is 12.9. The largest absolute Gasteiger partial charge is 0.462 e. The van der Waals surface area contributed by atoms with E-state index in [0.29, 0.717) is 19.3 Å². The summed E-state index contributed by atoms with van der Waals surface area (Å²) in [7, 11) is 0. The predicted molar refractivity (Wildman–Crippen MR) is 335 cm³/mol. The molecule has 0 saturated carbocycles. The number of carbonyl (C=O) groups is 3. The molecule has 1 atom stereocenters.